The number of aliphatic imine (C=N–C) groups is 1. The Morgan fingerprint density at radius 1 is 1.21 bits per heavy atom. The van der Waals surface area contributed by atoms with E-state index in [-0.39, 0.29) is 5.78 Å². The quantitative estimate of drug-likeness (QED) is 0.627. The van der Waals surface area contributed by atoms with Crippen LogP contribution < -0.4 is 10.1 Å². The van der Waals surface area contributed by atoms with E-state index in [0.717, 1.165) is 43.1 Å². The molecule has 2 aromatic carbocycles. The van der Waals surface area contributed by atoms with Gasteiger partial charge in [-0.3, -0.25) is 9.79 Å². The summed E-state index contributed by atoms with van der Waals surface area (Å²) in [4.78, 5) is 17.3. The SMILES string of the molecule is CCCCOc1ccc(C(=O)c2ccccc2)c(C2=NCCN2)c1. The van der Waals surface area contributed by atoms with Gasteiger partial charge in [-0.05, 0) is 24.6 Å². The second kappa shape index (κ2) is 7.77. The van der Waals surface area contributed by atoms with E-state index in [4.69, 9.17) is 4.74 Å². The maximum atomic E-state index is 12.9. The van der Waals surface area contributed by atoms with Crippen LogP contribution in [-0.4, -0.2) is 31.3 Å². The minimum Gasteiger partial charge on any atom is -0.494 e. The van der Waals surface area contributed by atoms with Crippen molar-refractivity contribution in [2.75, 3.05) is 19.7 Å². The molecule has 24 heavy (non-hydrogen) atoms. The molecule has 0 radical (unpaired) electrons. The van der Waals surface area contributed by atoms with Crippen molar-refractivity contribution in [1.82, 2.24) is 5.32 Å². The van der Waals surface area contributed by atoms with Crippen molar-refractivity contribution in [3.63, 3.8) is 0 Å². The minimum absolute atomic E-state index is 0.00195. The fourth-order valence-corrected chi connectivity index (χ4v) is 2.66. The monoisotopic (exact) mass is 322 g/mol. The van der Waals surface area contributed by atoms with Crippen LogP contribution in [0.1, 0.15) is 41.3 Å². The van der Waals surface area contributed by atoms with Crippen LogP contribution in [0.4, 0.5) is 0 Å². The molecule has 0 unspecified atom stereocenters. The van der Waals surface area contributed by atoms with E-state index in [2.05, 4.69) is 17.2 Å². The lowest BCUT2D eigenvalue weighted by Crippen LogP contribution is -2.22. The number of carbonyl (C=O) groups excluding carboxylic acids is 1. The van der Waals surface area contributed by atoms with Gasteiger partial charge in [-0.15, -0.1) is 0 Å². The molecule has 0 amide bonds. The second-order valence-electron chi connectivity index (χ2n) is 5.76. The third-order valence-corrected chi connectivity index (χ3v) is 3.97. The standard InChI is InChI=1S/C20H22N2O2/c1-2-3-13-24-16-9-10-17(18(14-16)20-21-11-12-22-20)19(23)15-7-5-4-6-8-15/h4-10,14H,2-3,11-13H2,1H3,(H,21,22). The zero-order valence-corrected chi connectivity index (χ0v) is 13.9. The van der Waals surface area contributed by atoms with Crippen LogP contribution in [0.3, 0.4) is 0 Å². The van der Waals surface area contributed by atoms with Gasteiger partial charge < -0.3 is 10.1 Å². The largest absolute Gasteiger partial charge is 0.494 e. The maximum Gasteiger partial charge on any atom is 0.193 e. The van der Waals surface area contributed by atoms with Crippen LogP contribution in [-0.2, 0) is 0 Å². The summed E-state index contributed by atoms with van der Waals surface area (Å²) in [5.74, 6) is 1.55. The number of nitrogens with one attached hydrogen (secondary N) is 1. The van der Waals surface area contributed by atoms with Crippen molar-refractivity contribution in [3.8, 4) is 5.75 Å². The molecule has 0 aromatic heterocycles. The van der Waals surface area contributed by atoms with Gasteiger partial charge >= 0.3 is 0 Å². The highest BCUT2D eigenvalue weighted by atomic mass is 16.5. The highest BCUT2D eigenvalue weighted by Crippen LogP contribution is 2.22. The Morgan fingerprint density at radius 2 is 2.04 bits per heavy atom. The Kier molecular flexibility index (Phi) is 5.26. The Bertz CT molecular complexity index is 739. The van der Waals surface area contributed by atoms with Crippen molar-refractivity contribution in [3.05, 3.63) is 65.2 Å². The molecule has 0 spiro atoms. The normalized spacial score (nSPS) is 13.3. The predicted molar refractivity (Wildman–Crippen MR) is 96.1 cm³/mol. The summed E-state index contributed by atoms with van der Waals surface area (Å²) < 4.78 is 5.79. The molecule has 1 heterocycles. The van der Waals surface area contributed by atoms with E-state index in [1.165, 1.54) is 0 Å². The lowest BCUT2D eigenvalue weighted by Gasteiger charge is -2.13. The van der Waals surface area contributed by atoms with Gasteiger partial charge in [0.1, 0.15) is 11.6 Å². The number of carbonyl (C=O) groups is 1. The van der Waals surface area contributed by atoms with E-state index in [9.17, 15) is 4.79 Å². The molecule has 2 aromatic rings. The zero-order chi connectivity index (χ0) is 16.8. The number of hydrogen-bond donors (Lipinski definition) is 1. The number of nitrogens with zero attached hydrogens (tertiary/aromatic N) is 1. The van der Waals surface area contributed by atoms with E-state index in [1.807, 2.05) is 48.5 Å². The van der Waals surface area contributed by atoms with Crippen LogP contribution in [0.15, 0.2) is 53.5 Å². The third-order valence-electron chi connectivity index (χ3n) is 3.97. The van der Waals surface area contributed by atoms with Crippen LogP contribution in [0, 0.1) is 0 Å². The fourth-order valence-electron chi connectivity index (χ4n) is 2.66. The molecule has 0 saturated heterocycles. The topological polar surface area (TPSA) is 50.7 Å². The molecule has 1 aliphatic heterocycles. The highest BCUT2D eigenvalue weighted by molar-refractivity contribution is 6.16. The molecule has 4 heteroatoms. The van der Waals surface area contributed by atoms with Crippen molar-refractivity contribution in [2.24, 2.45) is 4.99 Å². The van der Waals surface area contributed by atoms with Crippen molar-refractivity contribution < 1.29 is 9.53 Å². The van der Waals surface area contributed by atoms with Gasteiger partial charge in [-0.1, -0.05) is 43.7 Å². The highest BCUT2D eigenvalue weighted by Gasteiger charge is 2.19. The summed E-state index contributed by atoms with van der Waals surface area (Å²) >= 11 is 0. The molecule has 0 bridgehead atoms. The van der Waals surface area contributed by atoms with E-state index >= 15 is 0 Å². The number of hydrogen-bond acceptors (Lipinski definition) is 4. The number of unbranched alkanes of at least 4 members (excludes halogenated alkanes) is 1. The van der Waals surface area contributed by atoms with Gasteiger partial charge in [0.25, 0.3) is 0 Å². The molecular weight excluding hydrogens is 300 g/mol. The molecule has 4 nitrogen and oxygen atoms in total. The zero-order valence-electron chi connectivity index (χ0n) is 13.9. The molecular formula is C20H22N2O2. The molecule has 1 aliphatic rings. The smallest absolute Gasteiger partial charge is 0.193 e. The first kappa shape index (κ1) is 16.2. The number of benzene rings is 2. The second-order valence-corrected chi connectivity index (χ2v) is 5.76. The first-order valence-electron chi connectivity index (χ1n) is 8.45. The van der Waals surface area contributed by atoms with Crippen molar-refractivity contribution >= 4 is 11.6 Å². The number of ether oxygens (including phenoxy) is 1. The summed E-state index contributed by atoms with van der Waals surface area (Å²) in [7, 11) is 0. The van der Waals surface area contributed by atoms with Gasteiger partial charge in [0, 0.05) is 23.2 Å². The molecule has 0 aliphatic carbocycles. The van der Waals surface area contributed by atoms with Gasteiger partial charge in [0.05, 0.1) is 13.2 Å². The summed E-state index contributed by atoms with van der Waals surface area (Å²) in [5, 5.41) is 3.26. The average Bonchev–Trinajstić information content (AvgIpc) is 3.17. The predicted octanol–water partition coefficient (Wildman–Crippen LogP) is 3.45. The summed E-state index contributed by atoms with van der Waals surface area (Å²) in [6.45, 7) is 4.35. The molecule has 0 fully saturated rings. The van der Waals surface area contributed by atoms with E-state index in [0.29, 0.717) is 17.7 Å². The first-order valence-corrected chi connectivity index (χ1v) is 8.45. The molecule has 0 saturated carbocycles. The Labute approximate surface area is 142 Å². The molecule has 3 rings (SSSR count). The Morgan fingerprint density at radius 3 is 2.75 bits per heavy atom. The molecule has 1 N–H and O–H groups in total. The van der Waals surface area contributed by atoms with Gasteiger partial charge in [-0.2, -0.15) is 0 Å². The van der Waals surface area contributed by atoms with Crippen molar-refractivity contribution in [2.45, 2.75) is 19.8 Å². The van der Waals surface area contributed by atoms with Crippen LogP contribution in [0.2, 0.25) is 0 Å². The lowest BCUT2D eigenvalue weighted by atomic mass is 9.97. The average molecular weight is 322 g/mol. The molecule has 0 atom stereocenters. The number of ketones is 1. The number of amidine groups is 1. The Hall–Kier alpha value is -2.62. The van der Waals surface area contributed by atoms with Crippen LogP contribution in [0.5, 0.6) is 5.75 Å². The number of rotatable bonds is 7. The van der Waals surface area contributed by atoms with Gasteiger partial charge in [0.2, 0.25) is 0 Å². The van der Waals surface area contributed by atoms with Crippen LogP contribution in [0.25, 0.3) is 0 Å². The first-order chi connectivity index (χ1) is 11.8. The summed E-state index contributed by atoms with van der Waals surface area (Å²) in [6, 6.07) is 15.0. The third kappa shape index (κ3) is 3.65. The van der Waals surface area contributed by atoms with Crippen LogP contribution >= 0.6 is 0 Å². The molecule has 124 valence electrons. The van der Waals surface area contributed by atoms with E-state index in [1.54, 1.807) is 0 Å². The summed E-state index contributed by atoms with van der Waals surface area (Å²) in [6.07, 6.45) is 2.10. The minimum atomic E-state index is 0.00195. The fraction of sp³-hybridized carbons (Fsp3) is 0.300. The van der Waals surface area contributed by atoms with Crippen molar-refractivity contribution in [1.29, 1.82) is 0 Å². The van der Waals surface area contributed by atoms with Gasteiger partial charge in [0.15, 0.2) is 5.78 Å². The van der Waals surface area contributed by atoms with Gasteiger partial charge in [-0.25, -0.2) is 0 Å². The lowest BCUT2D eigenvalue weighted by molar-refractivity contribution is 0.103. The summed E-state index contributed by atoms with van der Waals surface area (Å²) in [5.41, 5.74) is 2.14. The maximum absolute atomic E-state index is 12.9. The van der Waals surface area contributed by atoms with E-state index < -0.39 is 0 Å². The Balaban J connectivity index is 1.94.